The van der Waals surface area contributed by atoms with E-state index in [1.807, 2.05) is 36.4 Å². The Morgan fingerprint density at radius 2 is 1.74 bits per heavy atom. The summed E-state index contributed by atoms with van der Waals surface area (Å²) in [5, 5.41) is 3.36. The van der Waals surface area contributed by atoms with Gasteiger partial charge in [0.1, 0.15) is 5.82 Å². The molecule has 4 rings (SSSR count). The summed E-state index contributed by atoms with van der Waals surface area (Å²) in [4.78, 5) is 15.7. The van der Waals surface area contributed by atoms with Crippen molar-refractivity contribution in [2.24, 2.45) is 0 Å². The predicted molar refractivity (Wildman–Crippen MR) is 104 cm³/mol. The third kappa shape index (κ3) is 4.28. The zero-order chi connectivity index (χ0) is 18.5. The maximum atomic E-state index is 13.3. The lowest BCUT2D eigenvalue weighted by Crippen LogP contribution is -2.31. The van der Waals surface area contributed by atoms with Gasteiger partial charge in [0.05, 0.1) is 17.4 Å². The van der Waals surface area contributed by atoms with Crippen LogP contribution in [0.25, 0.3) is 11.4 Å². The highest BCUT2D eigenvalue weighted by molar-refractivity contribution is 5.54. The van der Waals surface area contributed by atoms with Crippen molar-refractivity contribution in [2.75, 3.05) is 25.0 Å². The van der Waals surface area contributed by atoms with Gasteiger partial charge in [-0.2, -0.15) is 0 Å². The van der Waals surface area contributed by atoms with E-state index in [9.17, 15) is 4.39 Å². The number of likely N-dealkylation sites (tertiary alicyclic amines) is 1. The SMILES string of the molecule is Fc1ccc(C(CNc2nccc(-c3ccccn3)n2)N2CCCC2)cc1. The molecular formula is C21H22FN5. The number of hydrogen-bond acceptors (Lipinski definition) is 5. The first-order valence-electron chi connectivity index (χ1n) is 9.27. The van der Waals surface area contributed by atoms with Crippen LogP contribution in [0.3, 0.4) is 0 Å². The van der Waals surface area contributed by atoms with E-state index in [-0.39, 0.29) is 11.9 Å². The zero-order valence-electron chi connectivity index (χ0n) is 15.1. The minimum Gasteiger partial charge on any atom is -0.352 e. The van der Waals surface area contributed by atoms with Crippen molar-refractivity contribution in [3.63, 3.8) is 0 Å². The Morgan fingerprint density at radius 1 is 0.926 bits per heavy atom. The number of hydrogen-bond donors (Lipinski definition) is 1. The van der Waals surface area contributed by atoms with E-state index in [4.69, 9.17) is 0 Å². The first kappa shape index (κ1) is 17.5. The van der Waals surface area contributed by atoms with Crippen molar-refractivity contribution < 1.29 is 4.39 Å². The van der Waals surface area contributed by atoms with Crippen molar-refractivity contribution in [1.29, 1.82) is 0 Å². The number of halogens is 1. The van der Waals surface area contributed by atoms with E-state index in [0.717, 1.165) is 30.0 Å². The molecule has 0 bridgehead atoms. The molecule has 1 aliphatic rings. The second kappa shape index (κ2) is 8.22. The highest BCUT2D eigenvalue weighted by atomic mass is 19.1. The largest absolute Gasteiger partial charge is 0.352 e. The number of nitrogens with one attached hydrogen (secondary N) is 1. The minimum absolute atomic E-state index is 0.162. The van der Waals surface area contributed by atoms with Crippen LogP contribution < -0.4 is 5.32 Å². The average molecular weight is 363 g/mol. The van der Waals surface area contributed by atoms with Crippen molar-refractivity contribution in [2.45, 2.75) is 18.9 Å². The Balaban J connectivity index is 1.51. The number of nitrogens with zero attached hydrogens (tertiary/aromatic N) is 4. The second-order valence-corrected chi connectivity index (χ2v) is 6.67. The first-order valence-corrected chi connectivity index (χ1v) is 9.27. The van der Waals surface area contributed by atoms with Gasteiger partial charge in [-0.1, -0.05) is 18.2 Å². The van der Waals surface area contributed by atoms with Crippen molar-refractivity contribution in [3.8, 4) is 11.4 Å². The molecule has 138 valence electrons. The summed E-state index contributed by atoms with van der Waals surface area (Å²) in [5.41, 5.74) is 2.71. The third-order valence-electron chi connectivity index (χ3n) is 4.87. The number of rotatable bonds is 6. The summed E-state index contributed by atoms with van der Waals surface area (Å²) < 4.78 is 13.3. The fraction of sp³-hybridized carbons (Fsp3) is 0.286. The van der Waals surface area contributed by atoms with Gasteiger partial charge in [0.2, 0.25) is 5.95 Å². The molecule has 27 heavy (non-hydrogen) atoms. The van der Waals surface area contributed by atoms with Gasteiger partial charge >= 0.3 is 0 Å². The normalized spacial score (nSPS) is 15.6. The molecule has 1 aromatic carbocycles. The highest BCUT2D eigenvalue weighted by Gasteiger charge is 2.23. The summed E-state index contributed by atoms with van der Waals surface area (Å²) >= 11 is 0. The quantitative estimate of drug-likeness (QED) is 0.719. The smallest absolute Gasteiger partial charge is 0.223 e. The van der Waals surface area contributed by atoms with Crippen LogP contribution in [0.2, 0.25) is 0 Å². The molecule has 1 unspecified atom stereocenters. The molecule has 3 heterocycles. The number of aromatic nitrogens is 3. The van der Waals surface area contributed by atoms with E-state index < -0.39 is 0 Å². The highest BCUT2D eigenvalue weighted by Crippen LogP contribution is 2.26. The summed E-state index contributed by atoms with van der Waals surface area (Å²) in [6.07, 6.45) is 5.89. The Labute approximate surface area is 158 Å². The van der Waals surface area contributed by atoms with Gasteiger partial charge in [-0.25, -0.2) is 14.4 Å². The number of benzene rings is 1. The van der Waals surface area contributed by atoms with Crippen LogP contribution in [0.15, 0.2) is 60.9 Å². The lowest BCUT2D eigenvalue weighted by atomic mass is 10.1. The van der Waals surface area contributed by atoms with Gasteiger partial charge in [-0.3, -0.25) is 9.88 Å². The molecule has 0 saturated carbocycles. The lowest BCUT2D eigenvalue weighted by Gasteiger charge is -2.28. The molecule has 6 heteroatoms. The number of anilines is 1. The molecule has 0 amide bonds. The van der Waals surface area contributed by atoms with Crippen LogP contribution in [0, 0.1) is 5.82 Å². The Bertz CT molecular complexity index is 863. The maximum Gasteiger partial charge on any atom is 0.223 e. The van der Waals surface area contributed by atoms with Gasteiger partial charge in [0.15, 0.2) is 0 Å². The van der Waals surface area contributed by atoms with Gasteiger partial charge in [0, 0.05) is 18.9 Å². The van der Waals surface area contributed by atoms with Gasteiger partial charge in [0.25, 0.3) is 0 Å². The van der Waals surface area contributed by atoms with Crippen LogP contribution in [0.4, 0.5) is 10.3 Å². The lowest BCUT2D eigenvalue weighted by molar-refractivity contribution is 0.255. The maximum absolute atomic E-state index is 13.3. The summed E-state index contributed by atoms with van der Waals surface area (Å²) in [7, 11) is 0. The summed E-state index contributed by atoms with van der Waals surface area (Å²) in [5.74, 6) is 0.364. The van der Waals surface area contributed by atoms with Crippen LogP contribution in [-0.2, 0) is 0 Å². The molecule has 1 saturated heterocycles. The van der Waals surface area contributed by atoms with Gasteiger partial charge in [-0.15, -0.1) is 0 Å². The second-order valence-electron chi connectivity index (χ2n) is 6.67. The van der Waals surface area contributed by atoms with Crippen LogP contribution in [0.1, 0.15) is 24.4 Å². The van der Waals surface area contributed by atoms with Crippen LogP contribution in [-0.4, -0.2) is 39.5 Å². The van der Waals surface area contributed by atoms with Crippen molar-refractivity contribution >= 4 is 5.95 Å². The van der Waals surface area contributed by atoms with E-state index in [2.05, 4.69) is 25.2 Å². The van der Waals surface area contributed by atoms with E-state index >= 15 is 0 Å². The van der Waals surface area contributed by atoms with Gasteiger partial charge in [-0.05, 0) is 61.8 Å². The molecule has 1 aliphatic heterocycles. The number of pyridine rings is 1. The molecule has 5 nitrogen and oxygen atoms in total. The van der Waals surface area contributed by atoms with Crippen LogP contribution in [0.5, 0.6) is 0 Å². The first-order chi connectivity index (χ1) is 13.3. The molecule has 3 aromatic rings. The Hall–Kier alpha value is -2.86. The standard InChI is InChI=1S/C21H22FN5/c22-17-8-6-16(7-9-17)20(27-13-3-4-14-27)15-25-21-24-12-10-19(26-21)18-5-1-2-11-23-18/h1-2,5-12,20H,3-4,13-15H2,(H,24,25,26). The van der Waals surface area contributed by atoms with Crippen molar-refractivity contribution in [1.82, 2.24) is 19.9 Å². The zero-order valence-corrected chi connectivity index (χ0v) is 15.1. The van der Waals surface area contributed by atoms with E-state index in [0.29, 0.717) is 12.5 Å². The fourth-order valence-electron chi connectivity index (χ4n) is 3.48. The van der Waals surface area contributed by atoms with E-state index in [1.54, 1.807) is 12.4 Å². The molecule has 1 atom stereocenters. The van der Waals surface area contributed by atoms with Gasteiger partial charge < -0.3 is 5.32 Å². The molecule has 0 radical (unpaired) electrons. The predicted octanol–water partition coefficient (Wildman–Crippen LogP) is 3.93. The summed E-state index contributed by atoms with van der Waals surface area (Å²) in [6, 6.07) is 14.5. The molecular weight excluding hydrogens is 341 g/mol. The third-order valence-corrected chi connectivity index (χ3v) is 4.87. The summed E-state index contributed by atoms with van der Waals surface area (Å²) in [6.45, 7) is 2.77. The topological polar surface area (TPSA) is 53.9 Å². The molecule has 1 N–H and O–H groups in total. The molecule has 0 aliphatic carbocycles. The fourth-order valence-corrected chi connectivity index (χ4v) is 3.48. The molecule has 1 fully saturated rings. The minimum atomic E-state index is -0.210. The van der Waals surface area contributed by atoms with Crippen LogP contribution >= 0.6 is 0 Å². The Morgan fingerprint density at radius 3 is 2.48 bits per heavy atom. The monoisotopic (exact) mass is 363 g/mol. The van der Waals surface area contributed by atoms with E-state index in [1.165, 1.54) is 25.0 Å². The molecule has 2 aromatic heterocycles. The Kier molecular flexibility index (Phi) is 5.34. The average Bonchev–Trinajstić information content (AvgIpc) is 3.25. The molecule has 0 spiro atoms. The van der Waals surface area contributed by atoms with Crippen molar-refractivity contribution in [3.05, 3.63) is 72.3 Å².